The van der Waals surface area contributed by atoms with Gasteiger partial charge < -0.3 is 4.80 Å². The molecule has 4 rings (SSSR count). The van der Waals surface area contributed by atoms with E-state index in [4.69, 9.17) is 16.6 Å². The molecule has 166 valence electrons. The minimum atomic E-state index is -2.98. The maximum absolute atomic E-state index is 12.4. The van der Waals surface area contributed by atoms with Gasteiger partial charge in [0, 0.05) is 16.3 Å². The van der Waals surface area contributed by atoms with E-state index in [9.17, 15) is 4.80 Å². The molecule has 32 heavy (non-hydrogen) atoms. The van der Waals surface area contributed by atoms with Gasteiger partial charge >= 0.3 is 0 Å². The molecule has 0 unspecified atom stereocenters. The predicted molar refractivity (Wildman–Crippen MR) is 139 cm³/mol. The molecule has 0 saturated heterocycles. The fourth-order valence-electron chi connectivity index (χ4n) is 5.04. The van der Waals surface area contributed by atoms with Crippen LogP contribution < -0.4 is 10.4 Å². The van der Waals surface area contributed by atoms with Crippen LogP contribution in [0.3, 0.4) is 0 Å². The lowest BCUT2D eigenvalue weighted by Gasteiger charge is -2.41. The lowest BCUT2D eigenvalue weighted by Crippen LogP contribution is -2.65. The molecule has 2 atom stereocenters. The van der Waals surface area contributed by atoms with Crippen LogP contribution >= 0.6 is 11.6 Å². The van der Waals surface area contributed by atoms with E-state index in [2.05, 4.69) is 51.1 Å². The minimum absolute atomic E-state index is 0.252. The zero-order valence-corrected chi connectivity index (χ0v) is 20.9. The van der Waals surface area contributed by atoms with Crippen molar-refractivity contribution in [2.75, 3.05) is 0 Å². The van der Waals surface area contributed by atoms with E-state index in [0.717, 1.165) is 45.9 Å². The van der Waals surface area contributed by atoms with Crippen molar-refractivity contribution >= 4 is 36.0 Å². The normalized spacial score (nSPS) is 19.1. The summed E-state index contributed by atoms with van der Waals surface area (Å²) in [5.41, 5.74) is 2.17. The summed E-state index contributed by atoms with van der Waals surface area (Å²) in [7, 11) is -2.98. The molecule has 4 heteroatoms. The Morgan fingerprint density at radius 2 is 1.44 bits per heavy atom. The molecule has 0 saturated carbocycles. The maximum Gasteiger partial charge on any atom is 0.258 e. The third-order valence-corrected chi connectivity index (χ3v) is 12.0. The van der Waals surface area contributed by atoms with Crippen LogP contribution in [0.25, 0.3) is 0 Å². The molecule has 0 aliphatic carbocycles. The van der Waals surface area contributed by atoms with Crippen molar-refractivity contribution in [2.24, 2.45) is 10.9 Å². The Kier molecular flexibility index (Phi) is 6.71. The quantitative estimate of drug-likeness (QED) is 0.440. The van der Waals surface area contributed by atoms with E-state index in [0.29, 0.717) is 5.92 Å². The van der Waals surface area contributed by atoms with Gasteiger partial charge in [0.15, 0.2) is 0 Å². The Balaban J connectivity index is 1.60. The zero-order valence-electron chi connectivity index (χ0n) is 19.1. The molecule has 1 aliphatic heterocycles. The van der Waals surface area contributed by atoms with Crippen LogP contribution in [0.4, 0.5) is 0 Å². The molecule has 1 N–H and O–H groups in total. The lowest BCUT2D eigenvalue weighted by molar-refractivity contribution is 0.403. The smallest absolute Gasteiger partial charge is 0.258 e. The van der Waals surface area contributed by atoms with Crippen molar-refractivity contribution in [1.29, 1.82) is 0 Å². The maximum atomic E-state index is 12.4. The molecule has 1 aliphatic rings. The van der Waals surface area contributed by atoms with E-state index in [1.54, 1.807) is 0 Å². The lowest BCUT2D eigenvalue weighted by atomic mass is 9.93. The van der Waals surface area contributed by atoms with E-state index >= 15 is 0 Å². The summed E-state index contributed by atoms with van der Waals surface area (Å²) >= 11 is 6.44. The summed E-state index contributed by atoms with van der Waals surface area (Å²) in [6, 6.07) is 28.8. The van der Waals surface area contributed by atoms with Crippen molar-refractivity contribution in [1.82, 2.24) is 0 Å². The molecule has 0 spiro atoms. The molecule has 0 bridgehead atoms. The summed E-state index contributed by atoms with van der Waals surface area (Å²) < 4.78 is 0. The number of halogens is 1. The largest absolute Gasteiger partial charge is 0.424 e. The van der Waals surface area contributed by atoms with Gasteiger partial charge in [-0.1, -0.05) is 111 Å². The first-order valence-corrected chi connectivity index (χ1v) is 13.8. The number of hydrogen-bond donors (Lipinski definition) is 1. The van der Waals surface area contributed by atoms with Crippen molar-refractivity contribution in [3.05, 3.63) is 95.5 Å². The van der Waals surface area contributed by atoms with E-state index in [1.165, 1.54) is 0 Å². The summed E-state index contributed by atoms with van der Waals surface area (Å²) in [6.07, 6.45) is 2.82. The third-order valence-electron chi connectivity index (χ3n) is 7.11. The van der Waals surface area contributed by atoms with Crippen molar-refractivity contribution in [3.63, 3.8) is 0 Å². The molecular weight excluding hydrogens is 430 g/mol. The zero-order chi connectivity index (χ0) is 22.8. The Morgan fingerprint density at radius 1 is 0.906 bits per heavy atom. The van der Waals surface area contributed by atoms with Gasteiger partial charge in [0.1, 0.15) is 0 Å². The number of benzene rings is 3. The van der Waals surface area contributed by atoms with E-state index in [-0.39, 0.29) is 11.1 Å². The number of rotatable bonds is 7. The van der Waals surface area contributed by atoms with Gasteiger partial charge in [0.25, 0.3) is 8.32 Å². The molecule has 0 radical (unpaired) electrons. The second-order valence-electron chi connectivity index (χ2n) is 9.67. The highest BCUT2D eigenvalue weighted by Gasteiger charge is 2.50. The standard InChI is InChI=1S/C28H32ClNOSi/c1-21-20-27(24-16-10-11-17-25(24)29)30-26(21)18-19-28(2,3)32(31,22-12-6-4-7-13-22)23-14-8-5-9-15-23/h4-17,21,26,31H,18-20H2,1-3H3/t21-,26+/m0/s1. The van der Waals surface area contributed by atoms with Crippen LogP contribution in [-0.4, -0.2) is 24.9 Å². The molecular formula is C28H32ClNOSi. The first-order chi connectivity index (χ1) is 15.3. The van der Waals surface area contributed by atoms with Crippen LogP contribution in [0, 0.1) is 5.92 Å². The summed E-state index contributed by atoms with van der Waals surface area (Å²) in [5.74, 6) is 0.472. The number of nitrogens with zero attached hydrogens (tertiary/aromatic N) is 1. The summed E-state index contributed by atoms with van der Waals surface area (Å²) in [5, 5.41) is 2.65. The van der Waals surface area contributed by atoms with Gasteiger partial charge in [-0.3, -0.25) is 4.99 Å². The number of hydrogen-bond acceptors (Lipinski definition) is 2. The fraction of sp³-hybridized carbons (Fsp3) is 0.321. The Labute approximate surface area is 198 Å². The van der Waals surface area contributed by atoms with E-state index < -0.39 is 8.32 Å². The van der Waals surface area contributed by atoms with Gasteiger partial charge in [-0.05, 0) is 46.7 Å². The van der Waals surface area contributed by atoms with Gasteiger partial charge in [0.2, 0.25) is 0 Å². The second-order valence-corrected chi connectivity index (χ2v) is 14.0. The number of aliphatic imine (C=N–C) groups is 1. The van der Waals surface area contributed by atoms with Gasteiger partial charge in [-0.2, -0.15) is 0 Å². The molecule has 3 aromatic rings. The highest BCUT2D eigenvalue weighted by Crippen LogP contribution is 2.42. The summed E-state index contributed by atoms with van der Waals surface area (Å²) in [4.78, 5) is 17.5. The second kappa shape index (κ2) is 9.34. The fourth-order valence-corrected chi connectivity index (χ4v) is 9.04. The van der Waals surface area contributed by atoms with Crippen LogP contribution in [0.2, 0.25) is 10.1 Å². The van der Waals surface area contributed by atoms with Gasteiger partial charge in [0.05, 0.1) is 6.04 Å². The predicted octanol–water partition coefficient (Wildman–Crippen LogP) is 5.85. The Bertz CT molecular complexity index is 1040. The van der Waals surface area contributed by atoms with Crippen molar-refractivity contribution < 1.29 is 4.80 Å². The van der Waals surface area contributed by atoms with Gasteiger partial charge in [-0.15, -0.1) is 0 Å². The van der Waals surface area contributed by atoms with Crippen LogP contribution in [0.1, 0.15) is 45.6 Å². The topological polar surface area (TPSA) is 32.6 Å². The third kappa shape index (κ3) is 4.34. The molecule has 0 aromatic heterocycles. The van der Waals surface area contributed by atoms with Gasteiger partial charge in [-0.25, -0.2) is 0 Å². The molecule has 2 nitrogen and oxygen atoms in total. The highest BCUT2D eigenvalue weighted by atomic mass is 35.5. The van der Waals surface area contributed by atoms with E-state index in [1.807, 2.05) is 54.6 Å². The molecule has 0 fully saturated rings. The first kappa shape index (κ1) is 23.0. The average Bonchev–Trinajstić information content (AvgIpc) is 3.18. The van der Waals surface area contributed by atoms with Crippen molar-refractivity contribution in [3.8, 4) is 0 Å². The van der Waals surface area contributed by atoms with Crippen LogP contribution in [-0.2, 0) is 0 Å². The Hall–Kier alpha value is -2.20. The average molecular weight is 462 g/mol. The van der Waals surface area contributed by atoms with Crippen LogP contribution in [0.15, 0.2) is 89.9 Å². The monoisotopic (exact) mass is 461 g/mol. The molecule has 0 amide bonds. The summed E-state index contributed by atoms with van der Waals surface area (Å²) in [6.45, 7) is 6.75. The Morgan fingerprint density at radius 3 is 2.00 bits per heavy atom. The minimum Gasteiger partial charge on any atom is -0.424 e. The van der Waals surface area contributed by atoms with Crippen molar-refractivity contribution in [2.45, 2.75) is 51.1 Å². The SMILES string of the molecule is C[C@H]1CC(c2ccccc2Cl)=N[C@@H]1CCC(C)(C)[Si](O)(c1ccccc1)c1ccccc1. The molecule has 1 heterocycles. The first-order valence-electron chi connectivity index (χ1n) is 11.5. The highest BCUT2D eigenvalue weighted by molar-refractivity contribution is 6.98. The van der Waals surface area contributed by atoms with Crippen LogP contribution in [0.5, 0.6) is 0 Å². The molecule has 3 aromatic carbocycles.